The number of carboxylic acids is 1. The molecule has 0 radical (unpaired) electrons. The number of carbonyl (C=O) groups is 1. The van der Waals surface area contributed by atoms with Crippen LogP contribution in [0.15, 0.2) is 42.6 Å². The lowest BCUT2D eigenvalue weighted by atomic mass is 10.0. The molecule has 0 saturated carbocycles. The van der Waals surface area contributed by atoms with Crippen LogP contribution in [0.25, 0.3) is 16.6 Å². The Morgan fingerprint density at radius 1 is 1.22 bits per heavy atom. The lowest BCUT2D eigenvalue weighted by Gasteiger charge is -2.07. The van der Waals surface area contributed by atoms with Crippen molar-refractivity contribution < 1.29 is 14.6 Å². The van der Waals surface area contributed by atoms with E-state index in [0.29, 0.717) is 12.2 Å². The van der Waals surface area contributed by atoms with E-state index in [1.54, 1.807) is 30.5 Å². The minimum absolute atomic E-state index is 0.236. The fraction of sp³-hybridized carbons (Fsp3) is 0.111. The number of rotatable bonds is 2. The van der Waals surface area contributed by atoms with Crippen molar-refractivity contribution in [2.24, 2.45) is 0 Å². The molecule has 0 saturated heterocycles. The van der Waals surface area contributed by atoms with Crippen molar-refractivity contribution in [1.29, 1.82) is 5.26 Å². The second kappa shape index (κ2) is 4.89. The molecule has 23 heavy (non-hydrogen) atoms. The summed E-state index contributed by atoms with van der Waals surface area (Å²) in [5.41, 5.74) is 3.65. The van der Waals surface area contributed by atoms with Gasteiger partial charge < -0.3 is 14.4 Å². The molecule has 5 nitrogen and oxygen atoms in total. The minimum Gasteiger partial charge on any atom is -0.493 e. The summed E-state index contributed by atoms with van der Waals surface area (Å²) in [5.74, 6) is -0.116. The highest BCUT2D eigenvalue weighted by Gasteiger charge is 2.20. The summed E-state index contributed by atoms with van der Waals surface area (Å²) in [5, 5.41) is 19.4. The first-order valence-electron chi connectivity index (χ1n) is 7.22. The van der Waals surface area contributed by atoms with E-state index >= 15 is 0 Å². The SMILES string of the molecule is N#Cc1cn(-c2ccc(C(=O)O)cc2)c2ccc3c(c12)CCO3. The summed E-state index contributed by atoms with van der Waals surface area (Å²) in [6.07, 6.45) is 2.59. The van der Waals surface area contributed by atoms with Crippen LogP contribution >= 0.6 is 0 Å². The third kappa shape index (κ3) is 1.96. The van der Waals surface area contributed by atoms with Gasteiger partial charge in [-0.1, -0.05) is 0 Å². The molecular weight excluding hydrogens is 292 g/mol. The zero-order valence-electron chi connectivity index (χ0n) is 12.1. The summed E-state index contributed by atoms with van der Waals surface area (Å²) in [6, 6.07) is 12.7. The Morgan fingerprint density at radius 3 is 2.70 bits per heavy atom. The van der Waals surface area contributed by atoms with Gasteiger partial charge in [-0.2, -0.15) is 5.26 Å². The average Bonchev–Trinajstić information content (AvgIpc) is 3.18. The molecule has 112 valence electrons. The van der Waals surface area contributed by atoms with Crippen molar-refractivity contribution >= 4 is 16.9 Å². The maximum atomic E-state index is 11.0. The molecule has 2 heterocycles. The number of nitriles is 1. The summed E-state index contributed by atoms with van der Waals surface area (Å²) < 4.78 is 7.49. The zero-order valence-corrected chi connectivity index (χ0v) is 12.1. The van der Waals surface area contributed by atoms with Gasteiger partial charge in [0.25, 0.3) is 0 Å². The van der Waals surface area contributed by atoms with E-state index in [1.807, 2.05) is 16.7 Å². The first kappa shape index (κ1) is 13.4. The molecule has 1 aromatic heterocycles. The van der Waals surface area contributed by atoms with Crippen LogP contribution in [0.1, 0.15) is 21.5 Å². The number of aromatic nitrogens is 1. The normalized spacial score (nSPS) is 12.7. The van der Waals surface area contributed by atoms with E-state index in [2.05, 4.69) is 6.07 Å². The zero-order chi connectivity index (χ0) is 16.0. The highest BCUT2D eigenvalue weighted by atomic mass is 16.5. The molecule has 0 amide bonds. The molecule has 4 rings (SSSR count). The molecule has 1 aliphatic heterocycles. The lowest BCUT2D eigenvalue weighted by Crippen LogP contribution is -1.97. The predicted molar refractivity (Wildman–Crippen MR) is 84.1 cm³/mol. The summed E-state index contributed by atoms with van der Waals surface area (Å²) in [4.78, 5) is 11.0. The van der Waals surface area contributed by atoms with Crippen LogP contribution in [0.4, 0.5) is 0 Å². The standard InChI is InChI=1S/C18H12N2O3/c19-9-12-10-20(13-3-1-11(2-4-13)18(21)22)15-5-6-16-14(17(12)15)7-8-23-16/h1-6,10H,7-8H2,(H,21,22). The van der Waals surface area contributed by atoms with Crippen LogP contribution in [-0.2, 0) is 6.42 Å². The van der Waals surface area contributed by atoms with Crippen molar-refractivity contribution in [3.05, 3.63) is 59.3 Å². The summed E-state index contributed by atoms with van der Waals surface area (Å²) >= 11 is 0. The first-order valence-corrected chi connectivity index (χ1v) is 7.22. The fourth-order valence-corrected chi connectivity index (χ4v) is 3.09. The number of benzene rings is 2. The molecule has 0 aliphatic carbocycles. The number of nitrogens with zero attached hydrogens (tertiary/aromatic N) is 2. The van der Waals surface area contributed by atoms with Gasteiger partial charge in [0.15, 0.2) is 0 Å². The molecule has 0 spiro atoms. The van der Waals surface area contributed by atoms with Crippen molar-refractivity contribution in [1.82, 2.24) is 4.57 Å². The maximum Gasteiger partial charge on any atom is 0.335 e. The van der Waals surface area contributed by atoms with Crippen LogP contribution in [0.2, 0.25) is 0 Å². The Labute approximate surface area is 132 Å². The van der Waals surface area contributed by atoms with Crippen LogP contribution in [0.5, 0.6) is 5.75 Å². The van der Waals surface area contributed by atoms with Crippen molar-refractivity contribution in [2.75, 3.05) is 6.61 Å². The van der Waals surface area contributed by atoms with E-state index in [9.17, 15) is 10.1 Å². The molecular formula is C18H12N2O3. The van der Waals surface area contributed by atoms with Gasteiger partial charge in [0.1, 0.15) is 11.8 Å². The van der Waals surface area contributed by atoms with Gasteiger partial charge >= 0.3 is 5.97 Å². The molecule has 0 unspecified atom stereocenters. The van der Waals surface area contributed by atoms with E-state index in [1.165, 1.54) is 0 Å². The van der Waals surface area contributed by atoms with Gasteiger partial charge in [-0.05, 0) is 36.4 Å². The molecule has 1 N–H and O–H groups in total. The van der Waals surface area contributed by atoms with Crippen LogP contribution in [0, 0.1) is 11.3 Å². The highest BCUT2D eigenvalue weighted by Crippen LogP contribution is 2.36. The fourth-order valence-electron chi connectivity index (χ4n) is 3.09. The number of fused-ring (bicyclic) bond motifs is 3. The smallest absolute Gasteiger partial charge is 0.335 e. The van der Waals surface area contributed by atoms with E-state index in [4.69, 9.17) is 9.84 Å². The number of carboxylic acid groups (broad SMARTS) is 1. The van der Waals surface area contributed by atoms with Crippen molar-refractivity contribution in [3.63, 3.8) is 0 Å². The number of ether oxygens (including phenoxy) is 1. The number of aromatic carboxylic acids is 1. The largest absolute Gasteiger partial charge is 0.493 e. The lowest BCUT2D eigenvalue weighted by molar-refractivity contribution is 0.0697. The molecule has 0 fully saturated rings. The van der Waals surface area contributed by atoms with E-state index < -0.39 is 5.97 Å². The molecule has 1 aliphatic rings. The number of hydrogen-bond donors (Lipinski definition) is 1. The van der Waals surface area contributed by atoms with Crippen LogP contribution < -0.4 is 4.74 Å². The van der Waals surface area contributed by atoms with Gasteiger partial charge in [-0.15, -0.1) is 0 Å². The van der Waals surface area contributed by atoms with Gasteiger partial charge in [0.2, 0.25) is 0 Å². The van der Waals surface area contributed by atoms with Crippen LogP contribution in [-0.4, -0.2) is 22.2 Å². The first-order chi connectivity index (χ1) is 11.2. The second-order valence-corrected chi connectivity index (χ2v) is 5.41. The molecule has 2 aromatic carbocycles. The Bertz CT molecular complexity index is 978. The summed E-state index contributed by atoms with van der Waals surface area (Å²) in [7, 11) is 0. The molecule has 5 heteroatoms. The molecule has 3 aromatic rings. The van der Waals surface area contributed by atoms with Crippen molar-refractivity contribution in [2.45, 2.75) is 6.42 Å². The highest BCUT2D eigenvalue weighted by molar-refractivity contribution is 5.93. The maximum absolute atomic E-state index is 11.0. The number of hydrogen-bond acceptors (Lipinski definition) is 3. The third-order valence-electron chi connectivity index (χ3n) is 4.16. The summed E-state index contributed by atoms with van der Waals surface area (Å²) in [6.45, 7) is 0.637. The second-order valence-electron chi connectivity index (χ2n) is 5.41. The quantitative estimate of drug-likeness (QED) is 0.789. The van der Waals surface area contributed by atoms with Gasteiger partial charge in [0, 0.05) is 29.3 Å². The predicted octanol–water partition coefficient (Wildman–Crippen LogP) is 3.14. The van der Waals surface area contributed by atoms with Gasteiger partial charge in [0.05, 0.1) is 23.3 Å². The molecule has 0 atom stereocenters. The Morgan fingerprint density at radius 2 is 2.00 bits per heavy atom. The minimum atomic E-state index is -0.957. The Hall–Kier alpha value is -3.26. The Kier molecular flexibility index (Phi) is 2.85. The van der Waals surface area contributed by atoms with E-state index in [0.717, 1.165) is 34.3 Å². The van der Waals surface area contributed by atoms with E-state index in [-0.39, 0.29) is 5.56 Å². The van der Waals surface area contributed by atoms with Gasteiger partial charge in [-0.25, -0.2) is 4.79 Å². The topological polar surface area (TPSA) is 75.2 Å². The third-order valence-corrected chi connectivity index (χ3v) is 4.16. The van der Waals surface area contributed by atoms with Crippen molar-refractivity contribution in [3.8, 4) is 17.5 Å². The van der Waals surface area contributed by atoms with Gasteiger partial charge in [-0.3, -0.25) is 0 Å². The molecule has 0 bridgehead atoms. The Balaban J connectivity index is 1.95. The monoisotopic (exact) mass is 304 g/mol. The van der Waals surface area contributed by atoms with Crippen LogP contribution in [0.3, 0.4) is 0 Å². The average molecular weight is 304 g/mol.